The average Bonchev–Trinajstić information content (AvgIpc) is 2.84. The van der Waals surface area contributed by atoms with Crippen LogP contribution in [0, 0.1) is 6.92 Å². The molecule has 1 amide bonds. The van der Waals surface area contributed by atoms with Gasteiger partial charge in [-0.1, -0.05) is 0 Å². The molecule has 0 bridgehead atoms. The van der Waals surface area contributed by atoms with Crippen LogP contribution in [0.2, 0.25) is 0 Å². The molecule has 0 aliphatic carbocycles. The minimum atomic E-state index is 0. The van der Waals surface area contributed by atoms with Crippen molar-refractivity contribution in [3.63, 3.8) is 0 Å². The predicted molar refractivity (Wildman–Crippen MR) is 69.2 cm³/mol. The topological polar surface area (TPSA) is 41.1 Å². The van der Waals surface area contributed by atoms with E-state index in [1.807, 2.05) is 0 Å². The Morgan fingerprint density at radius 3 is 3.00 bits per heavy atom. The molecule has 0 spiro atoms. The number of amides is 1. The molecule has 2 heterocycles. The number of hydrogen-bond acceptors (Lipinski definition) is 3. The first kappa shape index (κ1) is 13.5. The number of aryl methyl sites for hydroxylation is 1. The maximum atomic E-state index is 11.7. The Morgan fingerprint density at radius 2 is 2.44 bits per heavy atom. The second kappa shape index (κ2) is 6.23. The van der Waals surface area contributed by atoms with Crippen molar-refractivity contribution in [2.45, 2.75) is 32.4 Å². The lowest BCUT2D eigenvalue weighted by Crippen LogP contribution is -2.39. The van der Waals surface area contributed by atoms with Gasteiger partial charge in [0, 0.05) is 9.75 Å². The Bertz CT molecular complexity index is 348. The second-order valence-electron chi connectivity index (χ2n) is 3.88. The van der Waals surface area contributed by atoms with Crippen molar-refractivity contribution in [1.29, 1.82) is 0 Å². The van der Waals surface area contributed by atoms with Crippen LogP contribution in [0.1, 0.15) is 22.6 Å². The van der Waals surface area contributed by atoms with E-state index in [1.54, 1.807) is 11.3 Å². The van der Waals surface area contributed by atoms with Gasteiger partial charge in [0.2, 0.25) is 5.91 Å². The van der Waals surface area contributed by atoms with E-state index < -0.39 is 0 Å². The van der Waals surface area contributed by atoms with Crippen molar-refractivity contribution in [2.24, 2.45) is 0 Å². The van der Waals surface area contributed by atoms with Crippen LogP contribution in [-0.4, -0.2) is 18.5 Å². The Hall–Kier alpha value is -0.580. The molecular formula is C11H17ClN2OS. The van der Waals surface area contributed by atoms with Crippen molar-refractivity contribution in [2.75, 3.05) is 6.54 Å². The maximum Gasteiger partial charge on any atom is 0.237 e. The van der Waals surface area contributed by atoms with Gasteiger partial charge in [-0.05, 0) is 38.4 Å². The summed E-state index contributed by atoms with van der Waals surface area (Å²) in [7, 11) is 0. The molecule has 2 rings (SSSR count). The summed E-state index contributed by atoms with van der Waals surface area (Å²) >= 11 is 1.74. The van der Waals surface area contributed by atoms with Gasteiger partial charge in [-0.25, -0.2) is 0 Å². The van der Waals surface area contributed by atoms with Crippen molar-refractivity contribution in [1.82, 2.24) is 10.6 Å². The van der Waals surface area contributed by atoms with Gasteiger partial charge in [0.15, 0.2) is 0 Å². The molecule has 2 N–H and O–H groups in total. The van der Waals surface area contributed by atoms with E-state index >= 15 is 0 Å². The normalized spacial score (nSPS) is 19.2. The molecule has 0 radical (unpaired) electrons. The monoisotopic (exact) mass is 260 g/mol. The SMILES string of the molecule is Cc1ccc(CNC(=O)C2CCCN2)s1.Cl. The molecule has 1 aliphatic heterocycles. The zero-order valence-corrected chi connectivity index (χ0v) is 10.9. The second-order valence-corrected chi connectivity index (χ2v) is 5.25. The molecule has 0 saturated carbocycles. The highest BCUT2D eigenvalue weighted by atomic mass is 35.5. The number of halogens is 1. The third kappa shape index (κ3) is 3.47. The molecule has 0 aromatic carbocycles. The molecule has 1 aliphatic rings. The van der Waals surface area contributed by atoms with E-state index in [9.17, 15) is 4.79 Å². The zero-order chi connectivity index (χ0) is 10.7. The van der Waals surface area contributed by atoms with Gasteiger partial charge < -0.3 is 10.6 Å². The number of rotatable bonds is 3. The summed E-state index contributed by atoms with van der Waals surface area (Å²) in [4.78, 5) is 14.2. The average molecular weight is 261 g/mol. The molecule has 1 aromatic rings. The molecule has 1 unspecified atom stereocenters. The Kier molecular flexibility index (Phi) is 5.25. The summed E-state index contributed by atoms with van der Waals surface area (Å²) in [6.07, 6.45) is 2.07. The summed E-state index contributed by atoms with van der Waals surface area (Å²) < 4.78 is 0. The van der Waals surface area contributed by atoms with Crippen LogP contribution < -0.4 is 10.6 Å². The minimum absolute atomic E-state index is 0. The summed E-state index contributed by atoms with van der Waals surface area (Å²) in [6.45, 7) is 3.71. The van der Waals surface area contributed by atoms with Gasteiger partial charge in [0.1, 0.15) is 0 Å². The zero-order valence-electron chi connectivity index (χ0n) is 9.29. The number of hydrogen-bond donors (Lipinski definition) is 2. The van der Waals surface area contributed by atoms with Crippen molar-refractivity contribution < 1.29 is 4.79 Å². The quantitative estimate of drug-likeness (QED) is 0.871. The van der Waals surface area contributed by atoms with Gasteiger partial charge in [-0.15, -0.1) is 23.7 Å². The lowest BCUT2D eigenvalue weighted by atomic mass is 10.2. The fourth-order valence-corrected chi connectivity index (χ4v) is 2.62. The summed E-state index contributed by atoms with van der Waals surface area (Å²) in [5, 5.41) is 6.15. The summed E-state index contributed by atoms with van der Waals surface area (Å²) in [5.41, 5.74) is 0. The van der Waals surface area contributed by atoms with Crippen molar-refractivity contribution >= 4 is 29.7 Å². The van der Waals surface area contributed by atoms with Crippen molar-refractivity contribution in [3.05, 3.63) is 21.9 Å². The smallest absolute Gasteiger partial charge is 0.237 e. The van der Waals surface area contributed by atoms with Crippen LogP contribution in [0.25, 0.3) is 0 Å². The third-order valence-corrected chi connectivity index (χ3v) is 3.61. The first-order chi connectivity index (χ1) is 7.25. The van der Waals surface area contributed by atoms with Gasteiger partial charge in [-0.3, -0.25) is 4.79 Å². The number of carbonyl (C=O) groups is 1. The Labute approximate surface area is 106 Å². The van der Waals surface area contributed by atoms with E-state index in [0.29, 0.717) is 6.54 Å². The number of carbonyl (C=O) groups excluding carboxylic acids is 1. The summed E-state index contributed by atoms with van der Waals surface area (Å²) in [5.74, 6) is 0.138. The fraction of sp³-hybridized carbons (Fsp3) is 0.545. The molecule has 1 saturated heterocycles. The number of thiophene rings is 1. The van der Waals surface area contributed by atoms with Crippen LogP contribution in [0.15, 0.2) is 12.1 Å². The standard InChI is InChI=1S/C11H16N2OS.ClH/c1-8-4-5-9(15-8)7-13-11(14)10-3-2-6-12-10;/h4-5,10,12H,2-3,6-7H2,1H3,(H,13,14);1H. The molecule has 3 nitrogen and oxygen atoms in total. The van der Waals surface area contributed by atoms with Crippen LogP contribution in [-0.2, 0) is 11.3 Å². The maximum absolute atomic E-state index is 11.7. The van der Waals surface area contributed by atoms with Crippen LogP contribution in [0.3, 0.4) is 0 Å². The molecule has 5 heteroatoms. The molecule has 1 aromatic heterocycles. The minimum Gasteiger partial charge on any atom is -0.350 e. The van der Waals surface area contributed by atoms with Crippen molar-refractivity contribution in [3.8, 4) is 0 Å². The lowest BCUT2D eigenvalue weighted by Gasteiger charge is -2.09. The van der Waals surface area contributed by atoms with Gasteiger partial charge in [0.25, 0.3) is 0 Å². The van der Waals surface area contributed by atoms with E-state index in [2.05, 4.69) is 29.7 Å². The fourth-order valence-electron chi connectivity index (χ4n) is 1.79. The Balaban J connectivity index is 0.00000128. The van der Waals surface area contributed by atoms with E-state index in [0.717, 1.165) is 19.4 Å². The largest absolute Gasteiger partial charge is 0.350 e. The highest BCUT2D eigenvalue weighted by molar-refractivity contribution is 7.11. The van der Waals surface area contributed by atoms with E-state index in [1.165, 1.54) is 9.75 Å². The van der Waals surface area contributed by atoms with Crippen LogP contribution in [0.5, 0.6) is 0 Å². The first-order valence-corrected chi connectivity index (χ1v) is 6.14. The molecule has 1 fully saturated rings. The Morgan fingerprint density at radius 1 is 1.62 bits per heavy atom. The first-order valence-electron chi connectivity index (χ1n) is 5.32. The predicted octanol–water partition coefficient (Wildman–Crippen LogP) is 1.85. The molecule has 1 atom stereocenters. The molecular weight excluding hydrogens is 244 g/mol. The number of nitrogens with one attached hydrogen (secondary N) is 2. The third-order valence-electron chi connectivity index (χ3n) is 2.61. The van der Waals surface area contributed by atoms with E-state index in [-0.39, 0.29) is 24.4 Å². The highest BCUT2D eigenvalue weighted by Crippen LogP contribution is 2.14. The van der Waals surface area contributed by atoms with Gasteiger partial charge in [0.05, 0.1) is 12.6 Å². The highest BCUT2D eigenvalue weighted by Gasteiger charge is 2.21. The lowest BCUT2D eigenvalue weighted by molar-refractivity contribution is -0.122. The van der Waals surface area contributed by atoms with Gasteiger partial charge >= 0.3 is 0 Å². The molecule has 90 valence electrons. The molecule has 16 heavy (non-hydrogen) atoms. The summed E-state index contributed by atoms with van der Waals surface area (Å²) in [6, 6.07) is 4.19. The van der Waals surface area contributed by atoms with Crippen LogP contribution in [0.4, 0.5) is 0 Å². The van der Waals surface area contributed by atoms with Crippen LogP contribution >= 0.6 is 23.7 Å². The van der Waals surface area contributed by atoms with Gasteiger partial charge in [-0.2, -0.15) is 0 Å². The van der Waals surface area contributed by atoms with E-state index in [4.69, 9.17) is 0 Å².